The van der Waals surface area contributed by atoms with E-state index in [9.17, 15) is 40.5 Å². The summed E-state index contributed by atoms with van der Waals surface area (Å²) in [5.41, 5.74) is 0. The molecule has 9 atom stereocenters. The number of ether oxygens (including phenoxy) is 2. The van der Waals surface area contributed by atoms with Gasteiger partial charge in [-0.1, -0.05) is 226 Å². The fraction of sp³-hybridized carbons (Fsp3) is 0.980. The van der Waals surface area contributed by atoms with Crippen molar-refractivity contribution < 1.29 is 50.0 Å². The average molecular weight is 860 g/mol. The van der Waals surface area contributed by atoms with Crippen molar-refractivity contribution in [1.82, 2.24) is 5.32 Å². The van der Waals surface area contributed by atoms with Crippen LogP contribution in [0.1, 0.15) is 239 Å². The van der Waals surface area contributed by atoms with E-state index in [1.54, 1.807) is 0 Å². The topological polar surface area (TPSA) is 189 Å². The number of hydrogen-bond acceptors (Lipinski definition) is 10. The van der Waals surface area contributed by atoms with E-state index in [1.807, 2.05) is 0 Å². The minimum absolute atomic E-state index is 0.266. The summed E-state index contributed by atoms with van der Waals surface area (Å²) in [6, 6.07) is -1.16. The molecule has 0 saturated carbocycles. The molecule has 0 radical (unpaired) electrons. The number of unbranched alkanes of at least 4 members (excludes halogenated alkanes) is 31. The second kappa shape index (κ2) is 39.7. The van der Waals surface area contributed by atoms with Gasteiger partial charge in [-0.05, 0) is 12.8 Å². The number of carbonyl (C=O) groups excluding carboxylic acids is 1. The third-order valence-corrected chi connectivity index (χ3v) is 12.7. The first-order valence-corrected chi connectivity index (χ1v) is 25.4. The Bertz CT molecular complexity index is 944. The molecule has 1 amide bonds. The number of carbonyl (C=O) groups is 1. The molecule has 60 heavy (non-hydrogen) atoms. The molecule has 1 aliphatic heterocycles. The van der Waals surface area contributed by atoms with E-state index in [4.69, 9.17) is 9.47 Å². The zero-order valence-corrected chi connectivity index (χ0v) is 38.7. The number of amides is 1. The van der Waals surface area contributed by atoms with Gasteiger partial charge in [0.2, 0.25) is 5.91 Å². The van der Waals surface area contributed by atoms with Gasteiger partial charge in [-0.25, -0.2) is 0 Å². The Hall–Kier alpha value is -0.890. The molecule has 0 aromatic rings. The summed E-state index contributed by atoms with van der Waals surface area (Å²) in [6.07, 6.45) is 30.0. The van der Waals surface area contributed by atoms with Crippen molar-refractivity contribution in [2.45, 2.75) is 294 Å². The van der Waals surface area contributed by atoms with E-state index in [2.05, 4.69) is 19.2 Å². The quantitative estimate of drug-likeness (QED) is 0.0275. The highest BCUT2D eigenvalue weighted by Gasteiger charge is 2.44. The molecule has 0 bridgehead atoms. The van der Waals surface area contributed by atoms with Crippen LogP contribution in [0.2, 0.25) is 0 Å². The summed E-state index contributed by atoms with van der Waals surface area (Å²) in [5, 5.41) is 75.8. The largest absolute Gasteiger partial charge is 0.394 e. The predicted molar refractivity (Wildman–Crippen MR) is 243 cm³/mol. The zero-order valence-electron chi connectivity index (χ0n) is 38.7. The summed E-state index contributed by atoms with van der Waals surface area (Å²) >= 11 is 0. The van der Waals surface area contributed by atoms with Crippen molar-refractivity contribution in [2.24, 2.45) is 0 Å². The van der Waals surface area contributed by atoms with Gasteiger partial charge in [-0.15, -0.1) is 0 Å². The molecule has 11 heteroatoms. The molecule has 9 unspecified atom stereocenters. The Balaban J connectivity index is 2.37. The van der Waals surface area contributed by atoms with E-state index < -0.39 is 74.2 Å². The minimum Gasteiger partial charge on any atom is -0.394 e. The lowest BCUT2D eigenvalue weighted by Gasteiger charge is -2.40. The monoisotopic (exact) mass is 860 g/mol. The van der Waals surface area contributed by atoms with Crippen molar-refractivity contribution in [2.75, 3.05) is 13.2 Å². The zero-order chi connectivity index (χ0) is 44.1. The molecular weight excluding hydrogens is 763 g/mol. The van der Waals surface area contributed by atoms with Crippen LogP contribution in [0.15, 0.2) is 0 Å². The smallest absolute Gasteiger partial charge is 0.249 e. The van der Waals surface area contributed by atoms with Gasteiger partial charge in [-0.3, -0.25) is 4.79 Å². The van der Waals surface area contributed by atoms with Crippen LogP contribution in [-0.2, 0) is 14.3 Å². The van der Waals surface area contributed by atoms with Crippen LogP contribution in [0.25, 0.3) is 0 Å². The highest BCUT2D eigenvalue weighted by atomic mass is 16.7. The molecule has 1 heterocycles. The number of nitrogens with one attached hydrogen (secondary N) is 1. The Kier molecular flexibility index (Phi) is 37.8. The van der Waals surface area contributed by atoms with Gasteiger partial charge in [0.25, 0.3) is 0 Å². The van der Waals surface area contributed by atoms with E-state index in [0.29, 0.717) is 19.3 Å². The Morgan fingerprint density at radius 1 is 0.517 bits per heavy atom. The van der Waals surface area contributed by atoms with Crippen LogP contribution in [0.3, 0.4) is 0 Å². The van der Waals surface area contributed by atoms with Crippen molar-refractivity contribution in [3.63, 3.8) is 0 Å². The Morgan fingerprint density at radius 2 is 0.867 bits per heavy atom. The normalized spacial score (nSPS) is 21.5. The summed E-state index contributed by atoms with van der Waals surface area (Å²) < 4.78 is 11.1. The maximum Gasteiger partial charge on any atom is 0.249 e. The van der Waals surface area contributed by atoms with Crippen LogP contribution in [0.4, 0.5) is 0 Å². The van der Waals surface area contributed by atoms with Crippen molar-refractivity contribution in [3.8, 4) is 0 Å². The average Bonchev–Trinajstić information content (AvgIpc) is 3.25. The lowest BCUT2D eigenvalue weighted by atomic mass is 9.98. The molecule has 8 N–H and O–H groups in total. The molecule has 0 aromatic heterocycles. The summed E-state index contributed by atoms with van der Waals surface area (Å²) in [5.74, 6) is -0.693. The van der Waals surface area contributed by atoms with Crippen LogP contribution in [-0.4, -0.2) is 110 Å². The van der Waals surface area contributed by atoms with Gasteiger partial charge < -0.3 is 50.5 Å². The standard InChI is InChI=1S/C49H97NO10/c1-3-5-7-9-11-13-15-17-18-19-20-21-22-23-25-26-28-30-32-34-36-41(52)44(54)40(39-59-49-47(57)46(56)45(55)43(38-51)60-49)50-48(58)42(53)37-35-33-31-29-27-24-16-14-12-10-8-6-4-2/h40-47,49,51-57H,3-39H2,1-2H3,(H,50,58). The third kappa shape index (κ3) is 28.7. The highest BCUT2D eigenvalue weighted by molar-refractivity contribution is 5.80. The third-order valence-electron chi connectivity index (χ3n) is 12.7. The predicted octanol–water partition coefficient (Wildman–Crippen LogP) is 9.06. The molecule has 1 fully saturated rings. The van der Waals surface area contributed by atoms with E-state index in [-0.39, 0.29) is 6.42 Å². The first-order valence-electron chi connectivity index (χ1n) is 25.4. The van der Waals surface area contributed by atoms with Gasteiger partial charge in [0, 0.05) is 0 Å². The van der Waals surface area contributed by atoms with Crippen LogP contribution >= 0.6 is 0 Å². The molecule has 1 saturated heterocycles. The van der Waals surface area contributed by atoms with Crippen molar-refractivity contribution >= 4 is 5.91 Å². The molecule has 0 aliphatic carbocycles. The number of aliphatic hydroxyl groups is 7. The fourth-order valence-corrected chi connectivity index (χ4v) is 8.44. The van der Waals surface area contributed by atoms with Gasteiger partial charge in [-0.2, -0.15) is 0 Å². The van der Waals surface area contributed by atoms with Gasteiger partial charge >= 0.3 is 0 Å². The van der Waals surface area contributed by atoms with Gasteiger partial charge in [0.15, 0.2) is 6.29 Å². The second-order valence-corrected chi connectivity index (χ2v) is 18.3. The van der Waals surface area contributed by atoms with Gasteiger partial charge in [0.05, 0.1) is 25.4 Å². The molecule has 11 nitrogen and oxygen atoms in total. The first kappa shape index (κ1) is 57.1. The molecule has 358 valence electrons. The number of aliphatic hydroxyl groups excluding tert-OH is 7. The maximum atomic E-state index is 13.1. The summed E-state index contributed by atoms with van der Waals surface area (Å²) in [6.45, 7) is 3.46. The molecule has 1 rings (SSSR count). The van der Waals surface area contributed by atoms with E-state index in [0.717, 1.165) is 38.5 Å². The molecular formula is C49H97NO10. The highest BCUT2D eigenvalue weighted by Crippen LogP contribution is 2.23. The Labute approximate surface area is 367 Å². The number of rotatable bonds is 43. The number of hydrogen-bond donors (Lipinski definition) is 8. The van der Waals surface area contributed by atoms with E-state index in [1.165, 1.54) is 161 Å². The fourth-order valence-electron chi connectivity index (χ4n) is 8.44. The van der Waals surface area contributed by atoms with Crippen LogP contribution in [0.5, 0.6) is 0 Å². The lowest BCUT2D eigenvalue weighted by Crippen LogP contribution is -2.60. The Morgan fingerprint density at radius 3 is 1.23 bits per heavy atom. The summed E-state index contributed by atoms with van der Waals surface area (Å²) in [7, 11) is 0. The van der Waals surface area contributed by atoms with Crippen molar-refractivity contribution in [3.05, 3.63) is 0 Å². The van der Waals surface area contributed by atoms with Crippen molar-refractivity contribution in [1.29, 1.82) is 0 Å². The van der Waals surface area contributed by atoms with Crippen LogP contribution in [0, 0.1) is 0 Å². The van der Waals surface area contributed by atoms with Gasteiger partial charge in [0.1, 0.15) is 36.6 Å². The summed E-state index contributed by atoms with van der Waals surface area (Å²) in [4.78, 5) is 13.1. The second-order valence-electron chi connectivity index (χ2n) is 18.3. The molecule has 0 aromatic carbocycles. The lowest BCUT2D eigenvalue weighted by molar-refractivity contribution is -0.303. The molecule has 1 aliphatic rings. The van der Waals surface area contributed by atoms with Crippen LogP contribution < -0.4 is 5.32 Å². The maximum absolute atomic E-state index is 13.1. The SMILES string of the molecule is CCCCCCCCCCCCCCCCCCCCCCC(O)C(O)C(COC1OC(CO)C(O)C(O)C1O)NC(=O)C(O)CCCCCCCCCCCCCCC. The first-order chi connectivity index (χ1) is 29.2. The molecule has 0 spiro atoms. The van der Waals surface area contributed by atoms with E-state index >= 15 is 0 Å². The minimum atomic E-state index is -1.66.